The predicted molar refractivity (Wildman–Crippen MR) is 110 cm³/mol. The van der Waals surface area contributed by atoms with Gasteiger partial charge in [-0.1, -0.05) is 41.4 Å². The molecule has 3 aromatic rings. The number of carbonyl (C=O) groups is 1. The first-order valence-electron chi connectivity index (χ1n) is 8.95. The van der Waals surface area contributed by atoms with Gasteiger partial charge < -0.3 is 9.80 Å². The molecule has 1 aromatic heterocycles. The maximum atomic E-state index is 13.0. The lowest BCUT2D eigenvalue weighted by Crippen LogP contribution is -2.44. The maximum absolute atomic E-state index is 13.0. The van der Waals surface area contributed by atoms with E-state index < -0.39 is 0 Å². The number of rotatable bonds is 3. The molecule has 4 nitrogen and oxygen atoms in total. The van der Waals surface area contributed by atoms with Crippen molar-refractivity contribution in [2.24, 2.45) is 0 Å². The minimum Gasteiger partial charge on any atom is -0.349 e. The van der Waals surface area contributed by atoms with Gasteiger partial charge in [-0.25, -0.2) is 4.98 Å². The van der Waals surface area contributed by atoms with Crippen LogP contribution in [0.3, 0.4) is 0 Å². The van der Waals surface area contributed by atoms with E-state index in [1.165, 1.54) is 11.1 Å². The van der Waals surface area contributed by atoms with Crippen LogP contribution in [0.5, 0.6) is 0 Å². The molecule has 4 rings (SSSR count). The van der Waals surface area contributed by atoms with Crippen LogP contribution in [0.25, 0.3) is 0 Å². The third-order valence-electron chi connectivity index (χ3n) is 4.78. The number of hydrogen-bond acceptors (Lipinski definition) is 3. The van der Waals surface area contributed by atoms with Crippen LogP contribution in [0.15, 0.2) is 66.9 Å². The van der Waals surface area contributed by atoms with Gasteiger partial charge in [0, 0.05) is 36.4 Å². The summed E-state index contributed by atoms with van der Waals surface area (Å²) in [6.07, 6.45) is 1.78. The first-order valence-corrected chi connectivity index (χ1v) is 9.32. The lowest BCUT2D eigenvalue weighted by Gasteiger charge is -2.36. The summed E-state index contributed by atoms with van der Waals surface area (Å²) in [6.45, 7) is 4.21. The van der Waals surface area contributed by atoms with Gasteiger partial charge >= 0.3 is 0 Å². The molecule has 136 valence electrons. The van der Waals surface area contributed by atoms with E-state index in [0.29, 0.717) is 17.1 Å². The number of pyridine rings is 1. The number of amides is 1. The normalized spacial score (nSPS) is 13.4. The Bertz CT molecular complexity index is 954. The summed E-state index contributed by atoms with van der Waals surface area (Å²) >= 11 is 5.95. The molecule has 0 saturated carbocycles. The number of halogens is 1. The number of carbonyl (C=O) groups excluding carboxylic acids is 1. The van der Waals surface area contributed by atoms with Crippen molar-refractivity contribution in [1.29, 1.82) is 0 Å². The van der Waals surface area contributed by atoms with Crippen molar-refractivity contribution < 1.29 is 4.79 Å². The molecule has 0 atom stereocenters. The highest BCUT2D eigenvalue weighted by molar-refractivity contribution is 6.30. The molecule has 2 heterocycles. The van der Waals surface area contributed by atoms with Crippen molar-refractivity contribution in [2.45, 2.75) is 13.5 Å². The smallest absolute Gasteiger partial charge is 0.258 e. The summed E-state index contributed by atoms with van der Waals surface area (Å²) in [5, 5.41) is 0.622. The second-order valence-corrected chi connectivity index (χ2v) is 7.15. The van der Waals surface area contributed by atoms with Gasteiger partial charge in [-0.3, -0.25) is 4.79 Å². The molecule has 1 aliphatic rings. The largest absolute Gasteiger partial charge is 0.349 e. The molecule has 0 radical (unpaired) electrons. The van der Waals surface area contributed by atoms with Crippen molar-refractivity contribution in [3.05, 3.63) is 88.6 Å². The highest BCUT2D eigenvalue weighted by atomic mass is 35.5. The summed E-state index contributed by atoms with van der Waals surface area (Å²) in [5.74, 6) is 0.808. The van der Waals surface area contributed by atoms with Crippen LogP contribution < -0.4 is 9.80 Å². The first kappa shape index (κ1) is 17.6. The Morgan fingerprint density at radius 3 is 2.52 bits per heavy atom. The molecule has 1 amide bonds. The molecule has 0 N–H and O–H groups in total. The van der Waals surface area contributed by atoms with E-state index in [9.17, 15) is 4.79 Å². The summed E-state index contributed by atoms with van der Waals surface area (Å²) < 4.78 is 0. The fraction of sp³-hybridized carbons (Fsp3) is 0.182. The number of hydrogen-bond donors (Lipinski definition) is 0. The SMILES string of the molecule is Cc1ccc(CN2CCN(C(=O)c3ccc(Cl)cc3)c3cccnc32)cc1. The average molecular weight is 378 g/mol. The lowest BCUT2D eigenvalue weighted by molar-refractivity contribution is 0.0986. The van der Waals surface area contributed by atoms with Gasteiger partial charge in [-0.15, -0.1) is 0 Å². The number of fused-ring (bicyclic) bond motifs is 1. The first-order chi connectivity index (χ1) is 13.1. The monoisotopic (exact) mass is 377 g/mol. The molecule has 0 aliphatic carbocycles. The van der Waals surface area contributed by atoms with Crippen LogP contribution in [-0.2, 0) is 6.54 Å². The van der Waals surface area contributed by atoms with Crippen LogP contribution in [0.4, 0.5) is 11.5 Å². The minimum atomic E-state index is -0.0316. The second kappa shape index (κ2) is 7.41. The molecular weight excluding hydrogens is 358 g/mol. The summed E-state index contributed by atoms with van der Waals surface area (Å²) in [6, 6.07) is 19.4. The number of benzene rings is 2. The van der Waals surface area contributed by atoms with E-state index >= 15 is 0 Å². The molecule has 0 spiro atoms. The average Bonchev–Trinajstić information content (AvgIpc) is 2.70. The van der Waals surface area contributed by atoms with Crippen LogP contribution in [0.2, 0.25) is 5.02 Å². The van der Waals surface area contributed by atoms with Crippen molar-refractivity contribution in [3.63, 3.8) is 0 Å². The van der Waals surface area contributed by atoms with Crippen molar-refractivity contribution in [1.82, 2.24) is 4.98 Å². The van der Waals surface area contributed by atoms with Crippen LogP contribution >= 0.6 is 11.6 Å². The molecule has 0 unspecified atom stereocenters. The zero-order valence-corrected chi connectivity index (χ0v) is 15.9. The Balaban J connectivity index is 1.62. The Hall–Kier alpha value is -2.85. The van der Waals surface area contributed by atoms with Crippen LogP contribution in [0, 0.1) is 6.92 Å². The van der Waals surface area contributed by atoms with Crippen molar-refractivity contribution >= 4 is 29.0 Å². The number of nitrogens with zero attached hydrogens (tertiary/aromatic N) is 3. The Kier molecular flexibility index (Phi) is 4.82. The van der Waals surface area contributed by atoms with Gasteiger partial charge in [0.15, 0.2) is 5.82 Å². The Morgan fingerprint density at radius 2 is 1.78 bits per heavy atom. The fourth-order valence-electron chi connectivity index (χ4n) is 3.32. The molecule has 5 heteroatoms. The van der Waals surface area contributed by atoms with Crippen molar-refractivity contribution in [3.8, 4) is 0 Å². The Morgan fingerprint density at radius 1 is 1.04 bits per heavy atom. The number of anilines is 2. The summed E-state index contributed by atoms with van der Waals surface area (Å²) in [5.41, 5.74) is 3.95. The van der Waals surface area contributed by atoms with Gasteiger partial charge in [-0.05, 0) is 48.9 Å². The standard InChI is InChI=1S/C22H20ClN3O/c1-16-4-6-17(7-5-16)15-25-13-14-26(20-3-2-12-24-21(20)25)22(27)18-8-10-19(23)11-9-18/h2-12H,13-15H2,1H3. The fourth-order valence-corrected chi connectivity index (χ4v) is 3.44. The molecule has 0 saturated heterocycles. The van der Waals surface area contributed by atoms with E-state index in [0.717, 1.165) is 24.6 Å². The van der Waals surface area contributed by atoms with Crippen molar-refractivity contribution in [2.75, 3.05) is 22.9 Å². The van der Waals surface area contributed by atoms with Gasteiger partial charge in [0.25, 0.3) is 5.91 Å². The maximum Gasteiger partial charge on any atom is 0.258 e. The van der Waals surface area contributed by atoms with Gasteiger partial charge in [0.05, 0.1) is 5.69 Å². The topological polar surface area (TPSA) is 36.4 Å². The number of aromatic nitrogens is 1. The Labute approximate surface area is 164 Å². The van der Waals surface area contributed by atoms with Crippen LogP contribution in [-0.4, -0.2) is 24.0 Å². The van der Waals surface area contributed by atoms with E-state index in [1.54, 1.807) is 35.4 Å². The van der Waals surface area contributed by atoms with E-state index in [4.69, 9.17) is 11.6 Å². The van der Waals surface area contributed by atoms with E-state index in [2.05, 4.69) is 41.1 Å². The number of aryl methyl sites for hydroxylation is 1. The highest BCUT2D eigenvalue weighted by Crippen LogP contribution is 2.32. The van der Waals surface area contributed by atoms with E-state index in [1.807, 2.05) is 12.1 Å². The minimum absolute atomic E-state index is 0.0316. The lowest BCUT2D eigenvalue weighted by atomic mass is 10.1. The van der Waals surface area contributed by atoms with Gasteiger partial charge in [0.2, 0.25) is 0 Å². The van der Waals surface area contributed by atoms with E-state index in [-0.39, 0.29) is 5.91 Å². The van der Waals surface area contributed by atoms with Gasteiger partial charge in [-0.2, -0.15) is 0 Å². The summed E-state index contributed by atoms with van der Waals surface area (Å²) in [4.78, 5) is 21.6. The zero-order valence-electron chi connectivity index (χ0n) is 15.1. The second-order valence-electron chi connectivity index (χ2n) is 6.72. The summed E-state index contributed by atoms with van der Waals surface area (Å²) in [7, 11) is 0. The molecule has 0 fully saturated rings. The zero-order chi connectivity index (χ0) is 18.8. The molecule has 2 aromatic carbocycles. The third kappa shape index (κ3) is 3.67. The molecule has 0 bridgehead atoms. The van der Waals surface area contributed by atoms with Crippen LogP contribution in [0.1, 0.15) is 21.5 Å². The predicted octanol–water partition coefficient (Wildman–Crippen LogP) is 4.71. The molecular formula is C22H20ClN3O. The molecule has 1 aliphatic heterocycles. The highest BCUT2D eigenvalue weighted by Gasteiger charge is 2.28. The third-order valence-corrected chi connectivity index (χ3v) is 5.03. The quantitative estimate of drug-likeness (QED) is 0.663. The molecule has 27 heavy (non-hydrogen) atoms. The van der Waals surface area contributed by atoms with Gasteiger partial charge in [0.1, 0.15) is 0 Å².